The summed E-state index contributed by atoms with van der Waals surface area (Å²) in [5.74, 6) is -2.22. The smallest absolute Gasteiger partial charge is 0.322 e. The Labute approximate surface area is 159 Å². The summed E-state index contributed by atoms with van der Waals surface area (Å²) in [6, 6.07) is 13.7. The van der Waals surface area contributed by atoms with Crippen LogP contribution in [0.2, 0.25) is 0 Å². The Morgan fingerprint density at radius 1 is 1.00 bits per heavy atom. The van der Waals surface area contributed by atoms with Crippen LogP contribution in [0.25, 0.3) is 0 Å². The van der Waals surface area contributed by atoms with Crippen molar-refractivity contribution in [2.24, 2.45) is 5.92 Å². The van der Waals surface area contributed by atoms with E-state index in [1.165, 1.54) is 19.8 Å². The first-order valence-corrected chi connectivity index (χ1v) is 9.05. The Balaban J connectivity index is 2.15. The van der Waals surface area contributed by atoms with E-state index in [1.807, 2.05) is 30.3 Å². The first-order chi connectivity index (χ1) is 13.0. The van der Waals surface area contributed by atoms with Crippen molar-refractivity contribution in [3.05, 3.63) is 64.7 Å². The van der Waals surface area contributed by atoms with Gasteiger partial charge in [0.25, 0.3) is 0 Å². The molecule has 2 aromatic rings. The zero-order chi connectivity index (χ0) is 19.6. The van der Waals surface area contributed by atoms with Gasteiger partial charge in [-0.1, -0.05) is 30.3 Å². The van der Waals surface area contributed by atoms with Crippen LogP contribution in [-0.4, -0.2) is 32.7 Å². The summed E-state index contributed by atoms with van der Waals surface area (Å²) in [5.41, 5.74) is 5.45. The average Bonchev–Trinajstić information content (AvgIpc) is 2.69. The number of nitrogens with zero attached hydrogens (tertiary/aromatic N) is 1. The number of fused-ring (bicyclic) bond motifs is 1. The Hall–Kier alpha value is -2.82. The Morgan fingerprint density at radius 3 is 2.30 bits per heavy atom. The van der Waals surface area contributed by atoms with Crippen molar-refractivity contribution in [2.45, 2.75) is 26.3 Å². The third kappa shape index (κ3) is 3.54. The number of hydrogen-bond donors (Lipinski definition) is 0. The molecule has 1 unspecified atom stereocenters. The van der Waals surface area contributed by atoms with Gasteiger partial charge in [0.05, 0.1) is 20.3 Å². The topological polar surface area (TPSA) is 55.8 Å². The number of esters is 2. The van der Waals surface area contributed by atoms with Crippen molar-refractivity contribution < 1.29 is 19.1 Å². The lowest BCUT2D eigenvalue weighted by atomic mass is 9.84. The summed E-state index contributed by atoms with van der Waals surface area (Å²) in [7, 11) is 2.60. The normalized spacial score (nSPS) is 16.0. The molecule has 0 fully saturated rings. The second-order valence-electron chi connectivity index (χ2n) is 6.88. The molecule has 0 N–H and O–H groups in total. The number of ether oxygens (including phenoxy) is 2. The third-order valence-electron chi connectivity index (χ3n) is 5.38. The van der Waals surface area contributed by atoms with E-state index in [9.17, 15) is 9.59 Å². The van der Waals surface area contributed by atoms with E-state index in [0.29, 0.717) is 6.54 Å². The van der Waals surface area contributed by atoms with Crippen molar-refractivity contribution >= 4 is 17.6 Å². The van der Waals surface area contributed by atoms with E-state index in [-0.39, 0.29) is 0 Å². The van der Waals surface area contributed by atoms with Crippen molar-refractivity contribution in [3.63, 3.8) is 0 Å². The molecule has 0 amide bonds. The second-order valence-corrected chi connectivity index (χ2v) is 6.88. The molecule has 1 aliphatic heterocycles. The van der Waals surface area contributed by atoms with Gasteiger partial charge < -0.3 is 14.4 Å². The molecular formula is C22H25NO4. The highest BCUT2D eigenvalue weighted by Gasteiger charge is 2.43. The number of hydrogen-bond acceptors (Lipinski definition) is 5. The van der Waals surface area contributed by atoms with Crippen molar-refractivity contribution in [3.8, 4) is 0 Å². The van der Waals surface area contributed by atoms with Crippen LogP contribution >= 0.6 is 0 Å². The van der Waals surface area contributed by atoms with Gasteiger partial charge in [0.2, 0.25) is 0 Å². The number of anilines is 1. The van der Waals surface area contributed by atoms with Gasteiger partial charge in [0, 0.05) is 12.2 Å². The van der Waals surface area contributed by atoms with Crippen molar-refractivity contribution in [1.29, 1.82) is 0 Å². The summed E-state index contributed by atoms with van der Waals surface area (Å²) in [6.07, 6.45) is 0.842. The van der Waals surface area contributed by atoms with E-state index < -0.39 is 23.9 Å². The average molecular weight is 367 g/mol. The fraction of sp³-hybridized carbons (Fsp3) is 0.364. The van der Waals surface area contributed by atoms with Gasteiger partial charge in [-0.2, -0.15) is 0 Å². The Kier molecular flexibility index (Phi) is 5.49. The van der Waals surface area contributed by atoms with Crippen molar-refractivity contribution in [2.75, 3.05) is 25.7 Å². The van der Waals surface area contributed by atoms with E-state index in [0.717, 1.165) is 28.8 Å². The van der Waals surface area contributed by atoms with Gasteiger partial charge in [0.15, 0.2) is 5.92 Å². The molecule has 0 aliphatic carbocycles. The maximum atomic E-state index is 12.6. The summed E-state index contributed by atoms with van der Waals surface area (Å²) in [4.78, 5) is 27.3. The van der Waals surface area contributed by atoms with Gasteiger partial charge in [-0.05, 0) is 54.7 Å². The van der Waals surface area contributed by atoms with Gasteiger partial charge in [0.1, 0.15) is 0 Å². The number of carbonyl (C=O) groups is 2. The minimum Gasteiger partial charge on any atom is -0.468 e. The summed E-state index contributed by atoms with van der Waals surface area (Å²) in [5, 5.41) is 0. The maximum Gasteiger partial charge on any atom is 0.322 e. The highest BCUT2D eigenvalue weighted by molar-refractivity contribution is 5.96. The van der Waals surface area contributed by atoms with Crippen LogP contribution in [0.4, 0.5) is 5.69 Å². The zero-order valence-corrected chi connectivity index (χ0v) is 16.2. The first-order valence-electron chi connectivity index (χ1n) is 9.05. The molecule has 3 rings (SSSR count). The molecule has 1 heterocycles. The molecular weight excluding hydrogens is 342 g/mol. The molecule has 142 valence electrons. The standard InChI is InChI=1S/C22H25NO4/c1-14-9-10-17(13-15(14)2)23-12-11-16-7-5-6-8-18(16)20(23)19(21(24)26-3)22(25)27-4/h5-10,13,19-20H,11-12H2,1-4H3. The molecule has 0 radical (unpaired) electrons. The monoisotopic (exact) mass is 367 g/mol. The molecule has 0 saturated heterocycles. The number of rotatable bonds is 4. The largest absolute Gasteiger partial charge is 0.468 e. The molecule has 5 heteroatoms. The lowest BCUT2D eigenvalue weighted by Crippen LogP contribution is -2.45. The SMILES string of the molecule is COC(=O)C(C(=O)OC)C1c2ccccc2CCN1c1ccc(C)c(C)c1. The summed E-state index contributed by atoms with van der Waals surface area (Å²) in [6.45, 7) is 4.83. The Bertz CT molecular complexity index is 845. The third-order valence-corrected chi connectivity index (χ3v) is 5.38. The predicted octanol–water partition coefficient (Wildman–Crippen LogP) is 3.37. The molecule has 2 aromatic carbocycles. The summed E-state index contributed by atoms with van der Waals surface area (Å²) < 4.78 is 9.93. The van der Waals surface area contributed by atoms with Crippen LogP contribution in [0, 0.1) is 19.8 Å². The number of aryl methyl sites for hydroxylation is 2. The molecule has 5 nitrogen and oxygen atoms in total. The van der Waals surface area contributed by atoms with Crippen LogP contribution in [0.1, 0.15) is 28.3 Å². The van der Waals surface area contributed by atoms with Crippen LogP contribution in [0.15, 0.2) is 42.5 Å². The fourth-order valence-corrected chi connectivity index (χ4v) is 3.76. The molecule has 0 aromatic heterocycles. The van der Waals surface area contributed by atoms with Crippen LogP contribution in [0.5, 0.6) is 0 Å². The van der Waals surface area contributed by atoms with E-state index in [4.69, 9.17) is 9.47 Å². The molecule has 1 aliphatic rings. The quantitative estimate of drug-likeness (QED) is 0.613. The minimum atomic E-state index is -1.05. The van der Waals surface area contributed by atoms with Crippen LogP contribution in [0.3, 0.4) is 0 Å². The van der Waals surface area contributed by atoms with Crippen LogP contribution < -0.4 is 4.90 Å². The molecule has 27 heavy (non-hydrogen) atoms. The van der Waals surface area contributed by atoms with E-state index in [1.54, 1.807) is 0 Å². The first kappa shape index (κ1) is 19.0. The zero-order valence-electron chi connectivity index (χ0n) is 16.2. The lowest BCUT2D eigenvalue weighted by molar-refractivity contribution is -0.160. The van der Waals surface area contributed by atoms with Gasteiger partial charge >= 0.3 is 11.9 Å². The number of carbonyl (C=O) groups excluding carboxylic acids is 2. The number of benzene rings is 2. The molecule has 0 bridgehead atoms. The molecule has 1 atom stereocenters. The molecule has 0 spiro atoms. The van der Waals surface area contributed by atoms with Gasteiger partial charge in [-0.25, -0.2) is 0 Å². The van der Waals surface area contributed by atoms with Crippen LogP contribution in [-0.2, 0) is 25.5 Å². The fourth-order valence-electron chi connectivity index (χ4n) is 3.76. The lowest BCUT2D eigenvalue weighted by Gasteiger charge is -2.41. The summed E-state index contributed by atoms with van der Waals surface area (Å²) >= 11 is 0. The van der Waals surface area contributed by atoms with Gasteiger partial charge in [-0.15, -0.1) is 0 Å². The highest BCUT2D eigenvalue weighted by atomic mass is 16.5. The number of methoxy groups -OCH3 is 2. The van der Waals surface area contributed by atoms with E-state index >= 15 is 0 Å². The minimum absolute atomic E-state index is 0.475. The predicted molar refractivity (Wildman–Crippen MR) is 104 cm³/mol. The molecule has 0 saturated carbocycles. The Morgan fingerprint density at radius 2 is 1.67 bits per heavy atom. The highest BCUT2D eigenvalue weighted by Crippen LogP contribution is 2.40. The van der Waals surface area contributed by atoms with Gasteiger partial charge in [-0.3, -0.25) is 9.59 Å². The van der Waals surface area contributed by atoms with Crippen molar-refractivity contribution in [1.82, 2.24) is 0 Å². The second kappa shape index (κ2) is 7.82. The maximum absolute atomic E-state index is 12.6. The van der Waals surface area contributed by atoms with E-state index in [2.05, 4.69) is 30.9 Å².